The second-order valence-electron chi connectivity index (χ2n) is 5.89. The number of rotatable bonds is 6. The lowest BCUT2D eigenvalue weighted by atomic mass is 10.1. The minimum atomic E-state index is -0.790. The molecule has 0 aliphatic carbocycles. The first-order chi connectivity index (χ1) is 13.0. The van der Waals surface area contributed by atoms with Gasteiger partial charge in [-0.25, -0.2) is 19.0 Å². The minimum absolute atomic E-state index is 0.122. The lowest BCUT2D eigenvalue weighted by Crippen LogP contribution is -2.37. The van der Waals surface area contributed by atoms with Crippen LogP contribution in [0.4, 0.5) is 4.79 Å². The molecule has 1 aromatic heterocycles. The van der Waals surface area contributed by atoms with Gasteiger partial charge in [-0.2, -0.15) is 0 Å². The zero-order chi connectivity index (χ0) is 19.4. The Morgan fingerprint density at radius 3 is 2.59 bits per heavy atom. The highest BCUT2D eigenvalue weighted by Crippen LogP contribution is 2.10. The first kappa shape index (κ1) is 18.4. The van der Waals surface area contributed by atoms with Gasteiger partial charge in [0.1, 0.15) is 12.2 Å². The highest BCUT2D eigenvalue weighted by molar-refractivity contribution is 5.88. The van der Waals surface area contributed by atoms with Crippen LogP contribution in [-0.4, -0.2) is 52.8 Å². The number of amides is 1. The van der Waals surface area contributed by atoms with Gasteiger partial charge < -0.3 is 19.4 Å². The van der Waals surface area contributed by atoms with Gasteiger partial charge in [0, 0.05) is 12.7 Å². The van der Waals surface area contributed by atoms with E-state index in [0.717, 1.165) is 16.3 Å². The quantitative estimate of drug-likeness (QED) is 0.746. The average Bonchev–Trinajstić information content (AvgIpc) is 3.06. The van der Waals surface area contributed by atoms with Gasteiger partial charge in [0.15, 0.2) is 0 Å². The molecule has 1 aliphatic rings. The maximum atomic E-state index is 12.5. The molecule has 1 N–H and O–H groups in total. The normalized spacial score (nSPS) is 13.5. The van der Waals surface area contributed by atoms with E-state index in [9.17, 15) is 19.2 Å². The summed E-state index contributed by atoms with van der Waals surface area (Å²) in [5.74, 6) is -0.790. The van der Waals surface area contributed by atoms with Crippen LogP contribution in [0.3, 0.4) is 0 Å². The van der Waals surface area contributed by atoms with E-state index in [2.05, 4.69) is 4.98 Å². The number of benzene rings is 1. The molecule has 1 saturated heterocycles. The number of nitrogens with zero attached hydrogens (tertiary/aromatic N) is 2. The summed E-state index contributed by atoms with van der Waals surface area (Å²) < 4.78 is 10.6. The molecule has 27 heavy (non-hydrogen) atoms. The molecule has 1 aliphatic heterocycles. The minimum Gasteiger partial charge on any atom is -0.462 e. The summed E-state index contributed by atoms with van der Waals surface area (Å²) in [6.45, 7) is 3.25. The van der Waals surface area contributed by atoms with Crippen LogP contribution < -0.4 is 11.2 Å². The third-order valence-electron chi connectivity index (χ3n) is 4.18. The zero-order valence-corrected chi connectivity index (χ0v) is 14.8. The zero-order valence-electron chi connectivity index (χ0n) is 14.8. The Morgan fingerprint density at radius 1 is 1.22 bits per heavy atom. The van der Waals surface area contributed by atoms with Crippen LogP contribution in [0.15, 0.2) is 40.1 Å². The molecule has 2 heterocycles. The molecule has 1 aromatic carbocycles. The summed E-state index contributed by atoms with van der Waals surface area (Å²) in [7, 11) is 0. The Hall–Kier alpha value is -3.36. The van der Waals surface area contributed by atoms with Crippen molar-refractivity contribution in [2.75, 3.05) is 26.3 Å². The van der Waals surface area contributed by atoms with Crippen LogP contribution in [-0.2, 0) is 15.9 Å². The number of ether oxygens (including phenoxy) is 2. The van der Waals surface area contributed by atoms with Crippen LogP contribution in [0.25, 0.3) is 5.69 Å². The molecule has 1 amide bonds. The Labute approximate surface area is 154 Å². The number of hydrogen-bond donors (Lipinski definition) is 1. The van der Waals surface area contributed by atoms with Crippen molar-refractivity contribution < 1.29 is 19.1 Å². The van der Waals surface area contributed by atoms with Crippen molar-refractivity contribution in [3.8, 4) is 5.69 Å². The van der Waals surface area contributed by atoms with E-state index < -0.39 is 17.2 Å². The van der Waals surface area contributed by atoms with E-state index in [4.69, 9.17) is 9.47 Å². The number of carbonyl (C=O) groups is 2. The van der Waals surface area contributed by atoms with Crippen molar-refractivity contribution in [1.29, 1.82) is 0 Å². The molecule has 0 spiro atoms. The predicted octanol–water partition coefficient (Wildman–Crippen LogP) is 0.697. The molecule has 9 heteroatoms. The van der Waals surface area contributed by atoms with Gasteiger partial charge in [0.05, 0.1) is 18.8 Å². The second-order valence-corrected chi connectivity index (χ2v) is 5.89. The summed E-state index contributed by atoms with van der Waals surface area (Å²) in [5, 5.41) is 0. The standard InChI is InChI=1S/C18H19N3O6/c1-2-26-16(23)14-11-19-17(24)21(15(14)22)13-5-3-12(4-6-13)7-8-20-9-10-27-18(20)25/h3-6,11H,2,7-10H2,1H3,(H,19,24). The van der Waals surface area contributed by atoms with E-state index in [0.29, 0.717) is 31.8 Å². The monoisotopic (exact) mass is 373 g/mol. The number of aromatic nitrogens is 2. The summed E-state index contributed by atoms with van der Waals surface area (Å²) in [6.07, 6.45) is 1.35. The topological polar surface area (TPSA) is 111 Å². The van der Waals surface area contributed by atoms with Gasteiger partial charge in [0.2, 0.25) is 0 Å². The molecule has 0 saturated carbocycles. The Bertz CT molecular complexity index is 960. The first-order valence-corrected chi connectivity index (χ1v) is 8.54. The van der Waals surface area contributed by atoms with Crippen molar-refractivity contribution in [1.82, 2.24) is 14.5 Å². The Balaban J connectivity index is 1.81. The number of cyclic esters (lactones) is 1. The fourth-order valence-corrected chi connectivity index (χ4v) is 2.77. The van der Waals surface area contributed by atoms with Crippen LogP contribution in [0.2, 0.25) is 0 Å². The number of nitrogens with one attached hydrogen (secondary N) is 1. The van der Waals surface area contributed by atoms with Gasteiger partial charge in [-0.1, -0.05) is 12.1 Å². The number of hydrogen-bond acceptors (Lipinski definition) is 6. The number of aromatic amines is 1. The Kier molecular flexibility index (Phi) is 5.39. The fraction of sp³-hybridized carbons (Fsp3) is 0.333. The molecular formula is C18H19N3O6. The van der Waals surface area contributed by atoms with E-state index in [1.165, 1.54) is 0 Å². The molecule has 9 nitrogen and oxygen atoms in total. The summed E-state index contributed by atoms with van der Waals surface area (Å²) in [5.41, 5.74) is -0.375. The molecule has 2 aromatic rings. The first-order valence-electron chi connectivity index (χ1n) is 8.54. The summed E-state index contributed by atoms with van der Waals surface area (Å²) in [6, 6.07) is 6.76. The molecular weight excluding hydrogens is 354 g/mol. The van der Waals surface area contributed by atoms with Crippen LogP contribution in [0.1, 0.15) is 22.8 Å². The molecule has 0 unspecified atom stereocenters. The smallest absolute Gasteiger partial charge is 0.409 e. The van der Waals surface area contributed by atoms with Crippen molar-refractivity contribution in [2.24, 2.45) is 0 Å². The van der Waals surface area contributed by atoms with Gasteiger partial charge in [0.25, 0.3) is 5.56 Å². The maximum absolute atomic E-state index is 12.5. The molecule has 0 bridgehead atoms. The number of esters is 1. The summed E-state index contributed by atoms with van der Waals surface area (Å²) >= 11 is 0. The van der Waals surface area contributed by atoms with E-state index >= 15 is 0 Å². The Morgan fingerprint density at radius 2 is 1.96 bits per heavy atom. The largest absolute Gasteiger partial charge is 0.462 e. The SMILES string of the molecule is CCOC(=O)c1c[nH]c(=O)n(-c2ccc(CCN3CCOC3=O)cc2)c1=O. The van der Waals surface area contributed by atoms with Gasteiger partial charge >= 0.3 is 17.8 Å². The lowest BCUT2D eigenvalue weighted by Gasteiger charge is -2.12. The average molecular weight is 373 g/mol. The molecule has 0 radical (unpaired) electrons. The van der Waals surface area contributed by atoms with Crippen molar-refractivity contribution >= 4 is 12.1 Å². The van der Waals surface area contributed by atoms with Crippen LogP contribution >= 0.6 is 0 Å². The van der Waals surface area contributed by atoms with Crippen molar-refractivity contribution in [3.05, 3.63) is 62.4 Å². The van der Waals surface area contributed by atoms with Gasteiger partial charge in [-0.3, -0.25) is 4.79 Å². The highest BCUT2D eigenvalue weighted by atomic mass is 16.6. The van der Waals surface area contributed by atoms with Crippen LogP contribution in [0, 0.1) is 0 Å². The van der Waals surface area contributed by atoms with Crippen molar-refractivity contribution in [2.45, 2.75) is 13.3 Å². The lowest BCUT2D eigenvalue weighted by molar-refractivity contribution is 0.0523. The van der Waals surface area contributed by atoms with Gasteiger partial charge in [-0.15, -0.1) is 0 Å². The molecule has 1 fully saturated rings. The van der Waals surface area contributed by atoms with E-state index in [-0.39, 0.29) is 18.3 Å². The molecule has 3 rings (SSSR count). The third kappa shape index (κ3) is 3.91. The maximum Gasteiger partial charge on any atom is 0.409 e. The number of H-pyrrole nitrogens is 1. The van der Waals surface area contributed by atoms with E-state index in [1.807, 2.05) is 0 Å². The van der Waals surface area contributed by atoms with Crippen LogP contribution in [0.5, 0.6) is 0 Å². The van der Waals surface area contributed by atoms with Gasteiger partial charge in [-0.05, 0) is 31.0 Å². The molecule has 0 atom stereocenters. The predicted molar refractivity (Wildman–Crippen MR) is 95.2 cm³/mol. The second kappa shape index (κ2) is 7.90. The molecule has 142 valence electrons. The highest BCUT2D eigenvalue weighted by Gasteiger charge is 2.21. The van der Waals surface area contributed by atoms with E-state index in [1.54, 1.807) is 36.1 Å². The third-order valence-corrected chi connectivity index (χ3v) is 4.18. The number of carbonyl (C=O) groups excluding carboxylic acids is 2. The van der Waals surface area contributed by atoms with Crippen molar-refractivity contribution in [3.63, 3.8) is 0 Å². The summed E-state index contributed by atoms with van der Waals surface area (Å²) in [4.78, 5) is 51.9. The fourth-order valence-electron chi connectivity index (χ4n) is 2.77.